The van der Waals surface area contributed by atoms with Gasteiger partial charge in [0.05, 0.1) is 19.3 Å². The highest BCUT2D eigenvalue weighted by Crippen LogP contribution is 2.67. The number of allylic oxidation sites excluding steroid dienone is 1. The van der Waals surface area contributed by atoms with Gasteiger partial charge in [-0.05, 0) is 121 Å². The average Bonchev–Trinajstić information content (AvgIpc) is 3.77. The van der Waals surface area contributed by atoms with Crippen LogP contribution in [0.25, 0.3) is 0 Å². The first-order chi connectivity index (χ1) is 35.6. The van der Waals surface area contributed by atoms with E-state index in [0.717, 1.165) is 84.3 Å². The second-order valence-electron chi connectivity index (χ2n) is 24.7. The Morgan fingerprint density at radius 3 is 1.70 bits per heavy atom. The number of fused-ring (bicyclic) bond motifs is 5. The third-order valence-corrected chi connectivity index (χ3v) is 19.3. The van der Waals surface area contributed by atoms with Crippen molar-refractivity contribution < 1.29 is 23.7 Å². The van der Waals surface area contributed by atoms with Gasteiger partial charge in [0.25, 0.3) is 0 Å². The monoisotopic (exact) mass is 999 g/mol. The van der Waals surface area contributed by atoms with Crippen LogP contribution in [0.3, 0.4) is 0 Å². The lowest BCUT2D eigenvalue weighted by atomic mass is 9.47. The Bertz CT molecular complexity index is 1930. The molecule has 0 aromatic heterocycles. The van der Waals surface area contributed by atoms with E-state index in [2.05, 4.69) is 139 Å². The van der Waals surface area contributed by atoms with Crippen molar-refractivity contribution in [2.45, 2.75) is 233 Å². The van der Waals surface area contributed by atoms with E-state index >= 15 is 0 Å². The molecule has 0 amide bonds. The van der Waals surface area contributed by atoms with Crippen molar-refractivity contribution in [2.75, 3.05) is 19.8 Å². The van der Waals surface area contributed by atoms with Gasteiger partial charge in [0.15, 0.2) is 0 Å². The Morgan fingerprint density at radius 1 is 0.603 bits per heavy atom. The van der Waals surface area contributed by atoms with Crippen molar-refractivity contribution in [3.8, 4) is 0 Å². The van der Waals surface area contributed by atoms with Crippen molar-refractivity contribution in [1.82, 2.24) is 0 Å². The molecule has 3 saturated carbocycles. The van der Waals surface area contributed by atoms with Crippen LogP contribution in [-0.2, 0) is 24.5 Å². The summed E-state index contributed by atoms with van der Waals surface area (Å²) < 4.78 is 26.2. The van der Waals surface area contributed by atoms with Crippen molar-refractivity contribution in [2.24, 2.45) is 46.3 Å². The Hall–Kier alpha value is -3.41. The summed E-state index contributed by atoms with van der Waals surface area (Å²) in [6.07, 6.45) is 36.6. The maximum atomic E-state index is 13.3. The summed E-state index contributed by atoms with van der Waals surface area (Å²) in [7, 11) is 0. The minimum absolute atomic E-state index is 0.0187. The molecule has 0 spiro atoms. The van der Waals surface area contributed by atoms with Gasteiger partial charge in [0.2, 0.25) is 0 Å². The quantitative estimate of drug-likeness (QED) is 0.0270. The highest BCUT2D eigenvalue weighted by molar-refractivity contribution is 5.59. The molecule has 5 unspecified atom stereocenters. The Balaban J connectivity index is 0.956. The van der Waals surface area contributed by atoms with Gasteiger partial charge in [-0.15, -0.1) is 0 Å². The first-order valence-corrected chi connectivity index (χ1v) is 30.5. The molecule has 3 aromatic rings. The zero-order valence-corrected chi connectivity index (χ0v) is 47.1. The van der Waals surface area contributed by atoms with Crippen molar-refractivity contribution >= 4 is 6.16 Å². The standard InChI is InChI=1S/C68H102O5/c1-7-8-9-10-11-12-13-14-15-16-17-18-19-20-21-31-49-70-65(69)71-51-60(52-72-68(55-35-25-22-26-36-55,56-37-27-23-28-38-56)57-39-29-24-30-40-57)73-59-45-47-66(5)58(50-59)41-42-61-63-44-43-62(54(4)34-32-33-53(2)3)67(63,6)48-46-64(61)66/h22-30,35-41,53-54,59-64H,7-21,31-34,42-52H2,1-6H3/t54-,59?,60?,61?,62-,63?,64?,66+,67-/m1/s1. The molecule has 5 heteroatoms. The van der Waals surface area contributed by atoms with Gasteiger partial charge in [-0.25, -0.2) is 4.79 Å². The molecule has 0 heterocycles. The average molecular weight is 1000 g/mol. The maximum absolute atomic E-state index is 13.3. The van der Waals surface area contributed by atoms with Crippen LogP contribution in [0.5, 0.6) is 0 Å². The van der Waals surface area contributed by atoms with E-state index in [4.69, 9.17) is 18.9 Å². The zero-order valence-electron chi connectivity index (χ0n) is 47.1. The SMILES string of the molecule is CCCCCCCCCCCCCCCCCCOC(=O)OCC(COC(c1ccccc1)(c1ccccc1)c1ccccc1)OC1CC[C@@]2(C)C(=CCC3C2CC[C@@]2(C)C3CC[C@@H]2[C@H](C)CCCC(C)C)C1. The predicted molar refractivity (Wildman–Crippen MR) is 304 cm³/mol. The Morgan fingerprint density at radius 2 is 1.15 bits per heavy atom. The van der Waals surface area contributed by atoms with Crippen molar-refractivity contribution in [3.63, 3.8) is 0 Å². The lowest BCUT2D eigenvalue weighted by Gasteiger charge is -2.58. The van der Waals surface area contributed by atoms with Gasteiger partial charge >= 0.3 is 6.16 Å². The molecular formula is C68H102O5. The zero-order chi connectivity index (χ0) is 51.4. The second kappa shape index (κ2) is 29.2. The van der Waals surface area contributed by atoms with Gasteiger partial charge < -0.3 is 18.9 Å². The molecule has 0 radical (unpaired) electrons. The summed E-state index contributed by atoms with van der Waals surface area (Å²) in [5, 5.41) is 0. The van der Waals surface area contributed by atoms with Crippen LogP contribution in [0.1, 0.15) is 232 Å². The number of carbonyl (C=O) groups is 1. The van der Waals surface area contributed by atoms with Gasteiger partial charge in [-0.3, -0.25) is 0 Å². The molecule has 0 saturated heterocycles. The summed E-state index contributed by atoms with van der Waals surface area (Å²) in [6.45, 7) is 15.6. The molecule has 4 aliphatic rings. The van der Waals surface area contributed by atoms with E-state index < -0.39 is 17.9 Å². The molecule has 7 rings (SSSR count). The highest BCUT2D eigenvalue weighted by Gasteiger charge is 2.59. The molecule has 3 fully saturated rings. The topological polar surface area (TPSA) is 54.0 Å². The van der Waals surface area contributed by atoms with E-state index in [-0.39, 0.29) is 24.7 Å². The Labute approximate surface area is 446 Å². The molecule has 73 heavy (non-hydrogen) atoms. The number of benzene rings is 3. The fourth-order valence-corrected chi connectivity index (χ4v) is 15.2. The lowest BCUT2D eigenvalue weighted by molar-refractivity contribution is -0.123. The van der Waals surface area contributed by atoms with E-state index in [1.165, 1.54) is 141 Å². The third kappa shape index (κ3) is 15.4. The summed E-state index contributed by atoms with van der Waals surface area (Å²) in [6, 6.07) is 31.6. The summed E-state index contributed by atoms with van der Waals surface area (Å²) in [4.78, 5) is 13.3. The lowest BCUT2D eigenvalue weighted by Crippen LogP contribution is -2.51. The van der Waals surface area contributed by atoms with Crippen molar-refractivity contribution in [3.05, 3.63) is 119 Å². The van der Waals surface area contributed by atoms with Crippen LogP contribution >= 0.6 is 0 Å². The molecule has 5 nitrogen and oxygen atoms in total. The number of rotatable bonds is 32. The fourth-order valence-electron chi connectivity index (χ4n) is 15.2. The molecule has 0 aliphatic heterocycles. The highest BCUT2D eigenvalue weighted by atomic mass is 16.7. The van der Waals surface area contributed by atoms with Crippen LogP contribution in [0, 0.1) is 46.3 Å². The number of hydrogen-bond donors (Lipinski definition) is 0. The molecular weight excluding hydrogens is 897 g/mol. The second-order valence-corrected chi connectivity index (χ2v) is 24.7. The van der Waals surface area contributed by atoms with Crippen LogP contribution in [-0.4, -0.2) is 38.2 Å². The molecule has 404 valence electrons. The molecule has 9 atom stereocenters. The number of hydrogen-bond acceptors (Lipinski definition) is 5. The molecule has 3 aromatic carbocycles. The maximum Gasteiger partial charge on any atom is 0.508 e. The first-order valence-electron chi connectivity index (χ1n) is 30.5. The fraction of sp³-hybridized carbons (Fsp3) is 0.691. The number of ether oxygens (including phenoxy) is 4. The van der Waals surface area contributed by atoms with Crippen LogP contribution in [0.2, 0.25) is 0 Å². The normalized spacial score (nSPS) is 25.6. The van der Waals surface area contributed by atoms with E-state index in [1.54, 1.807) is 5.57 Å². The van der Waals surface area contributed by atoms with E-state index in [0.29, 0.717) is 12.0 Å². The van der Waals surface area contributed by atoms with Crippen LogP contribution < -0.4 is 0 Å². The molecule has 0 bridgehead atoms. The third-order valence-electron chi connectivity index (χ3n) is 19.3. The van der Waals surface area contributed by atoms with Gasteiger partial charge in [-0.2, -0.15) is 0 Å². The first kappa shape index (κ1) is 57.3. The van der Waals surface area contributed by atoms with Gasteiger partial charge in [-0.1, -0.05) is 260 Å². The predicted octanol–water partition coefficient (Wildman–Crippen LogP) is 19.2. The largest absolute Gasteiger partial charge is 0.508 e. The van der Waals surface area contributed by atoms with Gasteiger partial charge in [0, 0.05) is 0 Å². The minimum Gasteiger partial charge on any atom is -0.434 e. The molecule has 4 aliphatic carbocycles. The summed E-state index contributed by atoms with van der Waals surface area (Å²) >= 11 is 0. The minimum atomic E-state index is -0.911. The van der Waals surface area contributed by atoms with Crippen LogP contribution in [0.15, 0.2) is 103 Å². The Kier molecular flexibility index (Phi) is 22.9. The van der Waals surface area contributed by atoms with E-state index in [9.17, 15) is 4.79 Å². The number of unbranched alkanes of at least 4 members (excludes halogenated alkanes) is 15. The van der Waals surface area contributed by atoms with E-state index in [1.807, 2.05) is 0 Å². The summed E-state index contributed by atoms with van der Waals surface area (Å²) in [5.41, 5.74) is 4.51. The van der Waals surface area contributed by atoms with Crippen molar-refractivity contribution in [1.29, 1.82) is 0 Å². The van der Waals surface area contributed by atoms with Gasteiger partial charge in [0.1, 0.15) is 18.3 Å². The summed E-state index contributed by atoms with van der Waals surface area (Å²) in [5.74, 6) is 4.88. The van der Waals surface area contributed by atoms with Crippen LogP contribution in [0.4, 0.5) is 4.79 Å². The molecule has 0 N–H and O–H groups in total. The smallest absolute Gasteiger partial charge is 0.434 e. The number of carbonyl (C=O) groups excluding carboxylic acids is 1.